The number of imidazole rings is 1. The van der Waals surface area contributed by atoms with E-state index in [2.05, 4.69) is 25.6 Å². The molecule has 0 unspecified atom stereocenters. The second kappa shape index (κ2) is 7.84. The largest absolute Gasteiger partial charge is 0.478 e. The third kappa shape index (κ3) is 3.90. The van der Waals surface area contributed by atoms with Gasteiger partial charge in [-0.25, -0.2) is 14.8 Å². The van der Waals surface area contributed by atoms with E-state index in [-0.39, 0.29) is 5.56 Å². The van der Waals surface area contributed by atoms with Crippen LogP contribution >= 0.6 is 0 Å². The summed E-state index contributed by atoms with van der Waals surface area (Å²) in [5.74, 6) is 0.966. The minimum absolute atomic E-state index is 0.255. The van der Waals surface area contributed by atoms with E-state index in [1.165, 1.54) is 12.8 Å². The molecule has 4 aromatic heterocycles. The van der Waals surface area contributed by atoms with Crippen molar-refractivity contribution in [3.63, 3.8) is 0 Å². The summed E-state index contributed by atoms with van der Waals surface area (Å²) in [6, 6.07) is 10.8. The summed E-state index contributed by atoms with van der Waals surface area (Å²) >= 11 is 0. The minimum Gasteiger partial charge on any atom is -0.478 e. The van der Waals surface area contributed by atoms with Crippen molar-refractivity contribution in [2.24, 2.45) is 0 Å². The van der Waals surface area contributed by atoms with E-state index in [0.717, 1.165) is 33.9 Å². The summed E-state index contributed by atoms with van der Waals surface area (Å²) in [5, 5.41) is 24.5. The highest BCUT2D eigenvalue weighted by Gasteiger charge is 2.25. The normalized spacial score (nSPS) is 13.4. The van der Waals surface area contributed by atoms with Crippen LogP contribution in [0.1, 0.15) is 46.1 Å². The predicted molar refractivity (Wildman–Crippen MR) is 125 cm³/mol. The highest BCUT2D eigenvalue weighted by Crippen LogP contribution is 2.39. The van der Waals surface area contributed by atoms with Gasteiger partial charge in [0.15, 0.2) is 5.82 Å². The molecule has 3 N–H and O–H groups in total. The van der Waals surface area contributed by atoms with Crippen molar-refractivity contribution in [1.29, 1.82) is 0 Å². The van der Waals surface area contributed by atoms with E-state index in [0.29, 0.717) is 24.2 Å². The highest BCUT2D eigenvalue weighted by molar-refractivity contribution is 5.87. The Hall–Kier alpha value is -4.47. The number of aromatic carboxylic acids is 1. The molecule has 1 saturated carbocycles. The molecular formula is C24H22N8O2. The number of nitrogens with one attached hydrogen (secondary N) is 2. The summed E-state index contributed by atoms with van der Waals surface area (Å²) in [7, 11) is 0. The second-order valence-corrected chi connectivity index (χ2v) is 8.62. The number of aryl methyl sites for hydroxylation is 1. The Bertz CT molecular complexity index is 1530. The van der Waals surface area contributed by atoms with Crippen LogP contribution in [0.5, 0.6) is 0 Å². The Morgan fingerprint density at radius 2 is 2.09 bits per heavy atom. The number of carbonyl (C=O) groups is 1. The maximum atomic E-state index is 11.3. The zero-order valence-corrected chi connectivity index (χ0v) is 18.4. The van der Waals surface area contributed by atoms with Crippen molar-refractivity contribution in [2.45, 2.75) is 32.2 Å². The Morgan fingerprint density at radius 3 is 2.91 bits per heavy atom. The maximum absolute atomic E-state index is 11.3. The lowest BCUT2D eigenvalue weighted by atomic mass is 10.1. The molecule has 0 radical (unpaired) electrons. The predicted octanol–water partition coefficient (Wildman–Crippen LogP) is 3.99. The number of rotatable bonds is 7. The van der Waals surface area contributed by atoms with Crippen LogP contribution in [0.4, 0.5) is 11.8 Å². The fourth-order valence-corrected chi connectivity index (χ4v) is 4.04. The van der Waals surface area contributed by atoms with E-state index in [1.807, 2.05) is 41.9 Å². The second-order valence-electron chi connectivity index (χ2n) is 8.62. The Morgan fingerprint density at radius 1 is 1.21 bits per heavy atom. The van der Waals surface area contributed by atoms with E-state index in [1.54, 1.807) is 29.1 Å². The van der Waals surface area contributed by atoms with Crippen molar-refractivity contribution in [3.8, 4) is 11.3 Å². The van der Waals surface area contributed by atoms with Crippen molar-refractivity contribution in [2.75, 3.05) is 5.32 Å². The summed E-state index contributed by atoms with van der Waals surface area (Å²) in [6.45, 7) is 2.40. The number of fused-ring (bicyclic) bond motifs is 1. The lowest BCUT2D eigenvalue weighted by molar-refractivity contribution is 0.0696. The van der Waals surface area contributed by atoms with Gasteiger partial charge in [-0.15, -0.1) is 0 Å². The Labute approximate surface area is 194 Å². The zero-order chi connectivity index (χ0) is 23.2. The molecular weight excluding hydrogens is 432 g/mol. The first kappa shape index (κ1) is 20.2. The minimum atomic E-state index is -0.948. The maximum Gasteiger partial charge on any atom is 0.335 e. The number of nitrogens with zero attached hydrogens (tertiary/aromatic N) is 6. The van der Waals surface area contributed by atoms with Gasteiger partial charge in [-0.2, -0.15) is 10.2 Å². The van der Waals surface area contributed by atoms with E-state index < -0.39 is 5.97 Å². The quantitative estimate of drug-likeness (QED) is 0.339. The molecule has 1 aliphatic rings. The van der Waals surface area contributed by atoms with Gasteiger partial charge in [0.25, 0.3) is 0 Å². The van der Waals surface area contributed by atoms with Gasteiger partial charge in [0.2, 0.25) is 5.95 Å². The van der Waals surface area contributed by atoms with Crippen LogP contribution in [0.15, 0.2) is 55.0 Å². The van der Waals surface area contributed by atoms with Crippen molar-refractivity contribution in [1.82, 2.24) is 34.3 Å². The molecule has 1 aliphatic carbocycles. The number of hydrogen-bond acceptors (Lipinski definition) is 6. The van der Waals surface area contributed by atoms with Crippen molar-refractivity contribution < 1.29 is 9.90 Å². The third-order valence-corrected chi connectivity index (χ3v) is 5.88. The van der Waals surface area contributed by atoms with Gasteiger partial charge in [0.1, 0.15) is 5.65 Å². The number of carboxylic acid groups (broad SMARTS) is 1. The molecule has 1 fully saturated rings. The lowest BCUT2D eigenvalue weighted by Gasteiger charge is -2.08. The van der Waals surface area contributed by atoms with Gasteiger partial charge in [-0.1, -0.05) is 12.1 Å². The number of carboxylic acids is 1. The number of H-pyrrole nitrogens is 1. The van der Waals surface area contributed by atoms with Crippen LogP contribution in [-0.4, -0.2) is 45.4 Å². The first-order chi connectivity index (χ1) is 16.5. The van der Waals surface area contributed by atoms with Crippen molar-refractivity contribution in [3.05, 3.63) is 77.5 Å². The van der Waals surface area contributed by atoms with Crippen LogP contribution in [0.25, 0.3) is 16.9 Å². The van der Waals surface area contributed by atoms with Gasteiger partial charge >= 0.3 is 5.97 Å². The molecule has 0 atom stereocenters. The van der Waals surface area contributed by atoms with Gasteiger partial charge in [-0.05, 0) is 37.5 Å². The Balaban J connectivity index is 1.31. The molecule has 0 amide bonds. The van der Waals surface area contributed by atoms with Gasteiger partial charge < -0.3 is 10.4 Å². The fraction of sp³-hybridized carbons (Fsp3) is 0.208. The van der Waals surface area contributed by atoms with E-state index >= 15 is 0 Å². The van der Waals surface area contributed by atoms with E-state index in [4.69, 9.17) is 4.98 Å². The SMILES string of the molecule is Cc1cn2c(Nc3cc(C4CC4)[nH]n3)nc(-c3cnn(Cc4cccc(C(=O)O)c4)c3)cc2n1. The molecule has 4 heterocycles. The summed E-state index contributed by atoms with van der Waals surface area (Å²) < 4.78 is 3.67. The monoisotopic (exact) mass is 454 g/mol. The van der Waals surface area contributed by atoms with Crippen molar-refractivity contribution >= 4 is 23.4 Å². The first-order valence-electron chi connectivity index (χ1n) is 11.1. The van der Waals surface area contributed by atoms with Crippen LogP contribution < -0.4 is 5.32 Å². The van der Waals surface area contributed by atoms with Crippen LogP contribution in [0.3, 0.4) is 0 Å². The number of hydrogen-bond donors (Lipinski definition) is 3. The van der Waals surface area contributed by atoms with Crippen LogP contribution in [0, 0.1) is 6.92 Å². The molecule has 5 aromatic rings. The third-order valence-electron chi connectivity index (χ3n) is 5.88. The van der Waals surface area contributed by atoms with Crippen LogP contribution in [0.2, 0.25) is 0 Å². The lowest BCUT2D eigenvalue weighted by Crippen LogP contribution is -2.03. The molecule has 6 rings (SSSR count). The van der Waals surface area contributed by atoms with E-state index in [9.17, 15) is 9.90 Å². The molecule has 10 heteroatoms. The topological polar surface area (TPSA) is 126 Å². The summed E-state index contributed by atoms with van der Waals surface area (Å²) in [5.41, 5.74) is 5.47. The number of aromatic nitrogens is 7. The molecule has 10 nitrogen and oxygen atoms in total. The zero-order valence-electron chi connectivity index (χ0n) is 18.4. The standard InChI is InChI=1S/C24H22N8O2/c1-14-11-32-22(26-14)9-19(27-24(32)28-21-8-20(29-30-21)16-5-6-16)18-10-25-31(13-18)12-15-3-2-4-17(7-15)23(33)34/h2-4,7-11,13,16H,5-6,12H2,1H3,(H,33,34)(H2,27,28,29,30). The van der Waals surface area contributed by atoms with Gasteiger partial charge in [-0.3, -0.25) is 14.2 Å². The molecule has 34 heavy (non-hydrogen) atoms. The average Bonchev–Trinajstić information content (AvgIpc) is 3.19. The smallest absolute Gasteiger partial charge is 0.335 e. The van der Waals surface area contributed by atoms with Crippen LogP contribution in [-0.2, 0) is 6.54 Å². The molecule has 170 valence electrons. The summed E-state index contributed by atoms with van der Waals surface area (Å²) in [6.07, 6.45) is 7.97. The highest BCUT2D eigenvalue weighted by atomic mass is 16.4. The molecule has 0 aliphatic heterocycles. The summed E-state index contributed by atoms with van der Waals surface area (Å²) in [4.78, 5) is 20.7. The Kier molecular flexibility index (Phi) is 4.65. The number of benzene rings is 1. The fourth-order valence-electron chi connectivity index (χ4n) is 4.04. The molecule has 0 bridgehead atoms. The number of aromatic amines is 1. The molecule has 1 aromatic carbocycles. The average molecular weight is 454 g/mol. The van der Waals surface area contributed by atoms with Gasteiger partial charge in [0, 0.05) is 41.7 Å². The molecule has 0 spiro atoms. The number of anilines is 2. The first-order valence-corrected chi connectivity index (χ1v) is 11.1. The van der Waals surface area contributed by atoms with Gasteiger partial charge in [0.05, 0.1) is 29.7 Å². The molecule has 0 saturated heterocycles.